The molecule has 3 fully saturated rings. The molecule has 6 nitrogen and oxygen atoms in total. The number of amides is 1. The van der Waals surface area contributed by atoms with Crippen molar-refractivity contribution in [1.82, 2.24) is 15.1 Å². The number of hydrogen-bond acceptors (Lipinski definition) is 4. The molecule has 0 bridgehead atoms. The molecule has 4 atom stereocenters. The molecule has 1 amide bonds. The van der Waals surface area contributed by atoms with Crippen molar-refractivity contribution < 1.29 is 19.1 Å². The standard InChI is InChI=1S/C21H26FN3O3/c1-11-18-14(12-4-5-12)7-15(21(27)28)20(26)25(18)9-16(22)19(11)24-8-13-3-2-6-23-17(13)10-24/h7,9,12-14,17-18,23H,2-6,8,10H2,1H3,(H,27,28)/t13-,14?,17+,18?/m0/s1. The monoisotopic (exact) mass is 387 g/mol. The van der Waals surface area contributed by atoms with Crippen LogP contribution in [0.2, 0.25) is 0 Å². The molecule has 0 aromatic carbocycles. The highest BCUT2D eigenvalue weighted by molar-refractivity contribution is 6.16. The summed E-state index contributed by atoms with van der Waals surface area (Å²) < 4.78 is 15.2. The lowest BCUT2D eigenvalue weighted by Gasteiger charge is -2.43. The van der Waals surface area contributed by atoms with Crippen LogP contribution in [0.3, 0.4) is 0 Å². The SMILES string of the molecule is CC1=C(N2C[C@@H]3CCCN[C@@H]3C2)C(F)=CN2C(=O)C(C(=O)O)=CC(C3CC3)C12. The summed E-state index contributed by atoms with van der Waals surface area (Å²) in [6, 6.07) is 0.110. The Morgan fingerprint density at radius 2 is 2.04 bits per heavy atom. The number of halogens is 1. The summed E-state index contributed by atoms with van der Waals surface area (Å²) in [4.78, 5) is 27.8. The minimum Gasteiger partial charge on any atom is -0.478 e. The Labute approximate surface area is 163 Å². The van der Waals surface area contributed by atoms with Gasteiger partial charge in [0.1, 0.15) is 5.57 Å². The summed E-state index contributed by atoms with van der Waals surface area (Å²) in [6.45, 7) is 4.54. The average molecular weight is 387 g/mol. The quantitative estimate of drug-likeness (QED) is 0.725. The second-order valence-corrected chi connectivity index (χ2v) is 8.83. The molecule has 28 heavy (non-hydrogen) atoms. The van der Waals surface area contributed by atoms with Gasteiger partial charge in [-0.15, -0.1) is 0 Å². The van der Waals surface area contributed by atoms with E-state index in [9.17, 15) is 14.7 Å². The van der Waals surface area contributed by atoms with E-state index in [1.165, 1.54) is 11.1 Å². The Morgan fingerprint density at radius 3 is 2.71 bits per heavy atom. The van der Waals surface area contributed by atoms with Gasteiger partial charge < -0.3 is 20.2 Å². The molecule has 5 aliphatic rings. The highest BCUT2D eigenvalue weighted by Gasteiger charge is 2.49. The van der Waals surface area contributed by atoms with Gasteiger partial charge in [0, 0.05) is 31.2 Å². The maximum atomic E-state index is 15.2. The summed E-state index contributed by atoms with van der Waals surface area (Å²) in [7, 11) is 0. The van der Waals surface area contributed by atoms with Crippen LogP contribution in [0, 0.1) is 17.8 Å². The third-order valence-corrected chi connectivity index (χ3v) is 7.10. The maximum absolute atomic E-state index is 15.2. The highest BCUT2D eigenvalue weighted by atomic mass is 19.1. The van der Waals surface area contributed by atoms with E-state index in [0.29, 0.717) is 23.6 Å². The molecule has 2 saturated heterocycles. The number of fused-ring (bicyclic) bond motifs is 2. The van der Waals surface area contributed by atoms with Gasteiger partial charge in [0.2, 0.25) is 0 Å². The van der Waals surface area contributed by atoms with Crippen molar-refractivity contribution in [2.24, 2.45) is 17.8 Å². The van der Waals surface area contributed by atoms with Crippen molar-refractivity contribution in [1.29, 1.82) is 0 Å². The van der Waals surface area contributed by atoms with E-state index in [4.69, 9.17) is 0 Å². The number of carbonyl (C=O) groups excluding carboxylic acids is 1. The van der Waals surface area contributed by atoms with Crippen LogP contribution in [0.15, 0.2) is 34.9 Å². The number of carboxylic acid groups (broad SMARTS) is 1. The Bertz CT molecular complexity index is 815. The lowest BCUT2D eigenvalue weighted by Crippen LogP contribution is -2.50. The number of nitrogens with zero attached hydrogens (tertiary/aromatic N) is 2. The zero-order valence-electron chi connectivity index (χ0n) is 16.0. The van der Waals surface area contributed by atoms with Gasteiger partial charge >= 0.3 is 5.97 Å². The fourth-order valence-electron chi connectivity index (χ4n) is 5.62. The fraction of sp³-hybridized carbons (Fsp3) is 0.619. The van der Waals surface area contributed by atoms with Crippen LogP contribution < -0.4 is 5.32 Å². The van der Waals surface area contributed by atoms with Crippen LogP contribution in [0.1, 0.15) is 32.6 Å². The molecule has 0 spiro atoms. The summed E-state index contributed by atoms with van der Waals surface area (Å²) in [6.07, 6.45) is 7.25. The average Bonchev–Trinajstić information content (AvgIpc) is 3.41. The summed E-state index contributed by atoms with van der Waals surface area (Å²) in [5, 5.41) is 13.0. The second-order valence-electron chi connectivity index (χ2n) is 8.83. The number of aliphatic carboxylic acids is 1. The minimum absolute atomic E-state index is 0.0637. The second kappa shape index (κ2) is 6.44. The third-order valence-electron chi connectivity index (χ3n) is 7.10. The van der Waals surface area contributed by atoms with Gasteiger partial charge in [-0.3, -0.25) is 4.79 Å². The van der Waals surface area contributed by atoms with Crippen LogP contribution >= 0.6 is 0 Å². The molecule has 4 aliphatic heterocycles. The smallest absolute Gasteiger partial charge is 0.341 e. The molecule has 7 heteroatoms. The lowest BCUT2D eigenvalue weighted by molar-refractivity contribution is -0.138. The van der Waals surface area contributed by atoms with Gasteiger partial charge in [-0.25, -0.2) is 9.18 Å². The van der Waals surface area contributed by atoms with Crippen molar-refractivity contribution in [3.8, 4) is 0 Å². The zero-order valence-corrected chi connectivity index (χ0v) is 16.0. The van der Waals surface area contributed by atoms with Gasteiger partial charge in [-0.1, -0.05) is 6.08 Å². The molecule has 0 aromatic rings. The topological polar surface area (TPSA) is 72.9 Å². The van der Waals surface area contributed by atoms with Crippen molar-refractivity contribution in [3.63, 3.8) is 0 Å². The first-order valence-corrected chi connectivity index (χ1v) is 10.3. The van der Waals surface area contributed by atoms with Crippen LogP contribution in [-0.2, 0) is 9.59 Å². The molecular formula is C21H26FN3O3. The van der Waals surface area contributed by atoms with Crippen LogP contribution in [0.25, 0.3) is 0 Å². The number of hydrogen-bond donors (Lipinski definition) is 2. The van der Waals surface area contributed by atoms with Crippen molar-refractivity contribution in [3.05, 3.63) is 34.9 Å². The molecule has 5 rings (SSSR count). The number of likely N-dealkylation sites (tertiary alicyclic amines) is 1. The molecule has 2 unspecified atom stereocenters. The lowest BCUT2D eigenvalue weighted by atomic mass is 9.81. The molecule has 2 N–H and O–H groups in total. The summed E-state index contributed by atoms with van der Waals surface area (Å²) in [5.74, 6) is -1.44. The largest absolute Gasteiger partial charge is 0.478 e. The minimum atomic E-state index is -1.23. The van der Waals surface area contributed by atoms with Crippen LogP contribution in [0.5, 0.6) is 0 Å². The van der Waals surface area contributed by atoms with E-state index in [1.807, 2.05) is 6.92 Å². The number of piperidine rings is 1. The van der Waals surface area contributed by atoms with E-state index in [-0.39, 0.29) is 17.5 Å². The highest BCUT2D eigenvalue weighted by Crippen LogP contribution is 2.48. The number of nitrogens with one attached hydrogen (secondary N) is 1. The van der Waals surface area contributed by atoms with Crippen LogP contribution in [0.4, 0.5) is 4.39 Å². The van der Waals surface area contributed by atoms with Gasteiger partial charge in [-0.2, -0.15) is 0 Å². The fourth-order valence-corrected chi connectivity index (χ4v) is 5.62. The Hall–Kier alpha value is -2.15. The molecule has 0 aromatic heterocycles. The van der Waals surface area contributed by atoms with Gasteiger partial charge in [-0.05, 0) is 56.6 Å². The molecule has 150 valence electrons. The Balaban J connectivity index is 1.52. The predicted molar refractivity (Wildman–Crippen MR) is 101 cm³/mol. The van der Waals surface area contributed by atoms with Gasteiger partial charge in [0.25, 0.3) is 5.91 Å². The zero-order chi connectivity index (χ0) is 19.6. The van der Waals surface area contributed by atoms with E-state index < -0.39 is 17.7 Å². The summed E-state index contributed by atoms with van der Waals surface area (Å²) in [5.41, 5.74) is 1.23. The van der Waals surface area contributed by atoms with Crippen LogP contribution in [-0.4, -0.2) is 58.5 Å². The molecule has 1 saturated carbocycles. The van der Waals surface area contributed by atoms with Gasteiger partial charge in [0.15, 0.2) is 5.83 Å². The van der Waals surface area contributed by atoms with E-state index >= 15 is 4.39 Å². The van der Waals surface area contributed by atoms with Crippen molar-refractivity contribution in [2.75, 3.05) is 19.6 Å². The van der Waals surface area contributed by atoms with Crippen molar-refractivity contribution >= 4 is 11.9 Å². The molecule has 0 radical (unpaired) electrons. The maximum Gasteiger partial charge on any atom is 0.341 e. The van der Waals surface area contributed by atoms with E-state index in [0.717, 1.165) is 50.9 Å². The Kier molecular flexibility index (Phi) is 4.12. The molecule has 1 aliphatic carbocycles. The van der Waals surface area contributed by atoms with E-state index in [2.05, 4.69) is 10.2 Å². The van der Waals surface area contributed by atoms with Crippen molar-refractivity contribution in [2.45, 2.75) is 44.7 Å². The first kappa shape index (κ1) is 17.9. The first-order chi connectivity index (χ1) is 13.5. The number of allylic oxidation sites excluding steroid dienone is 1. The number of carbonyl (C=O) groups is 2. The summed E-state index contributed by atoms with van der Waals surface area (Å²) >= 11 is 0. The van der Waals surface area contributed by atoms with Gasteiger partial charge in [0.05, 0.1) is 11.7 Å². The molecule has 4 heterocycles. The third kappa shape index (κ3) is 2.70. The number of carboxylic acids is 1. The predicted octanol–water partition coefficient (Wildman–Crippen LogP) is 2.02. The normalized spacial score (nSPS) is 35.4. The molecular weight excluding hydrogens is 361 g/mol. The van der Waals surface area contributed by atoms with E-state index in [1.54, 1.807) is 6.08 Å². The first-order valence-electron chi connectivity index (χ1n) is 10.3. The Morgan fingerprint density at radius 1 is 1.25 bits per heavy atom. The number of rotatable bonds is 3.